The number of aromatic amines is 1. The number of aromatic nitrogens is 1. The van der Waals surface area contributed by atoms with Gasteiger partial charge in [0, 0.05) is 36.2 Å². The molecule has 0 fully saturated rings. The van der Waals surface area contributed by atoms with Crippen molar-refractivity contribution in [3.05, 3.63) is 35.8 Å². The van der Waals surface area contributed by atoms with E-state index in [0.717, 1.165) is 0 Å². The molecule has 0 saturated heterocycles. The van der Waals surface area contributed by atoms with Crippen LogP contribution in [0.3, 0.4) is 0 Å². The lowest BCUT2D eigenvalue weighted by Crippen LogP contribution is -2.52. The maximum Gasteiger partial charge on any atom is 0.328 e. The molecule has 0 saturated carbocycles. The van der Waals surface area contributed by atoms with Gasteiger partial charge in [-0.3, -0.25) is 14.4 Å². The highest BCUT2D eigenvalue weighted by Crippen LogP contribution is 2.22. The molecular weight excluding hydrogens is 419 g/mol. The van der Waals surface area contributed by atoms with E-state index in [4.69, 9.17) is 10.1 Å². The molecule has 4 N–H and O–H groups in total. The van der Waals surface area contributed by atoms with Crippen molar-refractivity contribution in [3.8, 4) is 0 Å². The standard InChI is InChI=1S/C22H27FN4O5/c1-12(2)32-22(31)18(9-8-14(29)11-24)27-21(30)19(25-13(3)28)10-16-15-6-4-5-7-17(15)26-20(16)23/h4-7,11-12,18-19,24,26H,8-10H2,1-3H3,(H,25,28)(H,27,30)/t18-,19-/m0/s1. The Balaban J connectivity index is 2.25. The highest BCUT2D eigenvalue weighted by Gasteiger charge is 2.29. The third-order valence-electron chi connectivity index (χ3n) is 4.66. The molecule has 172 valence electrons. The zero-order valence-electron chi connectivity index (χ0n) is 18.2. The molecule has 0 aliphatic rings. The molecule has 0 bridgehead atoms. The van der Waals surface area contributed by atoms with E-state index in [1.54, 1.807) is 38.1 Å². The second-order valence-corrected chi connectivity index (χ2v) is 7.62. The molecule has 10 heteroatoms. The molecule has 1 aromatic carbocycles. The Morgan fingerprint density at radius 1 is 1.16 bits per heavy atom. The number of nitrogens with one attached hydrogen (secondary N) is 4. The number of ether oxygens (including phenoxy) is 1. The first-order valence-electron chi connectivity index (χ1n) is 10.2. The number of carbonyl (C=O) groups excluding carboxylic acids is 4. The number of Topliss-reactive ketones (excluding diaryl/α,β-unsaturated/α-hetero) is 1. The van der Waals surface area contributed by atoms with Crippen molar-refractivity contribution in [2.75, 3.05) is 0 Å². The third-order valence-corrected chi connectivity index (χ3v) is 4.66. The quantitative estimate of drug-likeness (QED) is 0.308. The summed E-state index contributed by atoms with van der Waals surface area (Å²) in [6, 6.07) is 4.50. The van der Waals surface area contributed by atoms with Crippen molar-refractivity contribution in [1.82, 2.24) is 15.6 Å². The first-order valence-corrected chi connectivity index (χ1v) is 10.2. The highest BCUT2D eigenvalue weighted by molar-refractivity contribution is 6.26. The molecule has 0 unspecified atom stereocenters. The summed E-state index contributed by atoms with van der Waals surface area (Å²) in [5, 5.41) is 12.5. The first-order chi connectivity index (χ1) is 15.1. The lowest BCUT2D eigenvalue weighted by molar-refractivity contribution is -0.151. The van der Waals surface area contributed by atoms with Crippen LogP contribution in [0.2, 0.25) is 0 Å². The Labute approximate surface area is 184 Å². The number of hydrogen-bond acceptors (Lipinski definition) is 6. The lowest BCUT2D eigenvalue weighted by Gasteiger charge is -2.23. The number of H-pyrrole nitrogens is 1. The van der Waals surface area contributed by atoms with Gasteiger partial charge in [0.2, 0.25) is 11.8 Å². The molecule has 2 aromatic rings. The number of rotatable bonds is 11. The predicted octanol–water partition coefficient (Wildman–Crippen LogP) is 1.79. The van der Waals surface area contributed by atoms with E-state index >= 15 is 0 Å². The van der Waals surface area contributed by atoms with E-state index in [2.05, 4.69) is 15.6 Å². The number of halogens is 1. The fourth-order valence-corrected chi connectivity index (χ4v) is 3.22. The Morgan fingerprint density at radius 3 is 2.47 bits per heavy atom. The van der Waals surface area contributed by atoms with Gasteiger partial charge in [0.25, 0.3) is 0 Å². The van der Waals surface area contributed by atoms with Crippen LogP contribution >= 0.6 is 0 Å². The number of para-hydroxylation sites is 1. The summed E-state index contributed by atoms with van der Waals surface area (Å²) in [5.41, 5.74) is 0.764. The minimum Gasteiger partial charge on any atom is -0.461 e. The fraction of sp³-hybridized carbons (Fsp3) is 0.409. The zero-order valence-corrected chi connectivity index (χ0v) is 18.2. The molecule has 2 rings (SSSR count). The van der Waals surface area contributed by atoms with Crippen LogP contribution in [0, 0.1) is 11.4 Å². The minimum absolute atomic E-state index is 0.0836. The second kappa shape index (κ2) is 11.2. The van der Waals surface area contributed by atoms with Crippen LogP contribution in [0.5, 0.6) is 0 Å². The zero-order chi connectivity index (χ0) is 23.8. The maximum atomic E-state index is 14.5. The SMILES string of the molecule is CC(=O)N[C@@H](Cc1c(F)[nH]c2ccccc12)C(=O)N[C@@H](CCC(=O)C=N)C(=O)OC(C)C. The van der Waals surface area contributed by atoms with Gasteiger partial charge in [-0.2, -0.15) is 4.39 Å². The number of amides is 2. The molecule has 0 radical (unpaired) electrons. The molecule has 1 aromatic heterocycles. The van der Waals surface area contributed by atoms with Crippen LogP contribution in [0.15, 0.2) is 24.3 Å². The van der Waals surface area contributed by atoms with Gasteiger partial charge < -0.3 is 25.8 Å². The van der Waals surface area contributed by atoms with Crippen LogP contribution in [-0.2, 0) is 30.3 Å². The van der Waals surface area contributed by atoms with Gasteiger partial charge in [-0.1, -0.05) is 18.2 Å². The van der Waals surface area contributed by atoms with Gasteiger partial charge in [-0.15, -0.1) is 0 Å². The van der Waals surface area contributed by atoms with Gasteiger partial charge in [-0.05, 0) is 26.3 Å². The van der Waals surface area contributed by atoms with Crippen LogP contribution in [0.4, 0.5) is 4.39 Å². The Kier molecular flexibility index (Phi) is 8.62. The van der Waals surface area contributed by atoms with E-state index in [-0.39, 0.29) is 24.8 Å². The molecule has 0 spiro atoms. The van der Waals surface area contributed by atoms with Crippen LogP contribution in [0.1, 0.15) is 39.2 Å². The number of esters is 1. The lowest BCUT2D eigenvalue weighted by atomic mass is 10.0. The minimum atomic E-state index is -1.17. The van der Waals surface area contributed by atoms with Gasteiger partial charge in [0.15, 0.2) is 11.7 Å². The molecular formula is C22H27FN4O5. The molecule has 2 amide bonds. The van der Waals surface area contributed by atoms with Crippen molar-refractivity contribution in [1.29, 1.82) is 5.41 Å². The number of fused-ring (bicyclic) bond motifs is 1. The van der Waals surface area contributed by atoms with Crippen molar-refractivity contribution < 1.29 is 28.3 Å². The molecule has 0 aliphatic heterocycles. The van der Waals surface area contributed by atoms with E-state index in [1.165, 1.54) is 6.92 Å². The average molecular weight is 446 g/mol. The van der Waals surface area contributed by atoms with Gasteiger partial charge in [0.1, 0.15) is 12.1 Å². The fourth-order valence-electron chi connectivity index (χ4n) is 3.22. The number of benzene rings is 1. The smallest absolute Gasteiger partial charge is 0.328 e. The monoisotopic (exact) mass is 446 g/mol. The molecule has 9 nitrogen and oxygen atoms in total. The van der Waals surface area contributed by atoms with Crippen LogP contribution in [0.25, 0.3) is 10.9 Å². The van der Waals surface area contributed by atoms with E-state index in [0.29, 0.717) is 17.1 Å². The normalized spacial score (nSPS) is 12.8. The number of carbonyl (C=O) groups is 4. The van der Waals surface area contributed by atoms with Crippen LogP contribution in [-0.4, -0.2) is 53.0 Å². The van der Waals surface area contributed by atoms with Crippen molar-refractivity contribution in [2.24, 2.45) is 0 Å². The van der Waals surface area contributed by atoms with Crippen molar-refractivity contribution in [3.63, 3.8) is 0 Å². The molecule has 32 heavy (non-hydrogen) atoms. The topological polar surface area (TPSA) is 141 Å². The van der Waals surface area contributed by atoms with E-state index in [1.807, 2.05) is 0 Å². The number of ketones is 1. The summed E-state index contributed by atoms with van der Waals surface area (Å²) < 4.78 is 19.7. The van der Waals surface area contributed by atoms with Gasteiger partial charge in [-0.25, -0.2) is 4.79 Å². The summed E-state index contributed by atoms with van der Waals surface area (Å²) in [7, 11) is 0. The molecule has 0 aliphatic carbocycles. The van der Waals surface area contributed by atoms with Gasteiger partial charge in [0.05, 0.1) is 12.3 Å². The van der Waals surface area contributed by atoms with E-state index < -0.39 is 47.7 Å². The Bertz CT molecular complexity index is 1020. The first kappa shape index (κ1) is 24.7. The van der Waals surface area contributed by atoms with E-state index in [9.17, 15) is 23.6 Å². The Morgan fingerprint density at radius 2 is 1.84 bits per heavy atom. The highest BCUT2D eigenvalue weighted by atomic mass is 19.1. The van der Waals surface area contributed by atoms with Gasteiger partial charge >= 0.3 is 5.97 Å². The maximum absolute atomic E-state index is 14.5. The Hall–Kier alpha value is -3.56. The third kappa shape index (κ3) is 6.73. The number of hydrogen-bond donors (Lipinski definition) is 4. The molecule has 1 heterocycles. The van der Waals surface area contributed by atoms with Crippen molar-refractivity contribution >= 4 is 40.7 Å². The summed E-state index contributed by atoms with van der Waals surface area (Å²) in [4.78, 5) is 51.2. The molecule has 2 atom stereocenters. The summed E-state index contributed by atoms with van der Waals surface area (Å²) in [6.45, 7) is 4.50. The largest absolute Gasteiger partial charge is 0.461 e. The summed E-state index contributed by atoms with van der Waals surface area (Å²) >= 11 is 0. The summed E-state index contributed by atoms with van der Waals surface area (Å²) in [6.07, 6.45) is -0.213. The van der Waals surface area contributed by atoms with Crippen LogP contribution < -0.4 is 10.6 Å². The average Bonchev–Trinajstić information content (AvgIpc) is 3.04. The predicted molar refractivity (Wildman–Crippen MR) is 116 cm³/mol. The van der Waals surface area contributed by atoms with Crippen molar-refractivity contribution in [2.45, 2.75) is 58.2 Å². The summed E-state index contributed by atoms with van der Waals surface area (Å²) in [5.74, 6) is -3.11. The second-order valence-electron chi connectivity index (χ2n) is 7.62.